The van der Waals surface area contributed by atoms with E-state index >= 15 is 0 Å². The Kier molecular flexibility index (Phi) is 3.56. The van der Waals surface area contributed by atoms with E-state index in [0.717, 1.165) is 12.8 Å². The molecule has 0 unspecified atom stereocenters. The summed E-state index contributed by atoms with van der Waals surface area (Å²) >= 11 is 0. The fourth-order valence-electron chi connectivity index (χ4n) is 1.97. The number of aromatic nitrogens is 2. The van der Waals surface area contributed by atoms with Crippen LogP contribution in [-0.2, 0) is 21.6 Å². The number of hydrogen-bond acceptors (Lipinski definition) is 6. The molecule has 1 heterocycles. The van der Waals surface area contributed by atoms with Crippen LogP contribution in [0.1, 0.15) is 29.8 Å². The van der Waals surface area contributed by atoms with Crippen LogP contribution in [0, 0.1) is 16.7 Å². The Morgan fingerprint density at radius 3 is 2.75 bits per heavy atom. The van der Waals surface area contributed by atoms with Crippen LogP contribution in [0.2, 0.25) is 0 Å². The average molecular weight is 297 g/mol. The third kappa shape index (κ3) is 2.54. The first-order chi connectivity index (χ1) is 9.35. The van der Waals surface area contributed by atoms with Gasteiger partial charge in [-0.25, -0.2) is 18.2 Å². The Balaban J connectivity index is 2.20. The normalized spacial score (nSPS) is 16.4. The molecule has 1 saturated carbocycles. The molecule has 1 aliphatic rings. The zero-order chi connectivity index (χ0) is 15.0. The van der Waals surface area contributed by atoms with E-state index in [4.69, 9.17) is 5.26 Å². The summed E-state index contributed by atoms with van der Waals surface area (Å²) in [6, 6.07) is 2.16. The lowest BCUT2D eigenvalue weighted by Crippen LogP contribution is -2.17. The molecule has 8 heteroatoms. The lowest BCUT2D eigenvalue weighted by atomic mass is 10.1. The maximum absolute atomic E-state index is 12.2. The predicted molar refractivity (Wildman–Crippen MR) is 68.5 cm³/mol. The van der Waals surface area contributed by atoms with E-state index in [9.17, 15) is 13.2 Å². The first-order valence-corrected chi connectivity index (χ1v) is 7.74. The summed E-state index contributed by atoms with van der Waals surface area (Å²) in [4.78, 5) is 15.2. The Labute approximate surface area is 117 Å². The minimum absolute atomic E-state index is 0.0764. The van der Waals surface area contributed by atoms with Crippen LogP contribution >= 0.6 is 0 Å². The van der Waals surface area contributed by atoms with E-state index in [0.29, 0.717) is 6.42 Å². The molecular weight excluding hydrogens is 282 g/mol. The number of carbonyl (C=O) groups excluding carboxylic acids is 1. The average Bonchev–Trinajstić information content (AvgIpc) is 3.11. The van der Waals surface area contributed by atoms with Gasteiger partial charge in [0.15, 0.2) is 0 Å². The highest BCUT2D eigenvalue weighted by Crippen LogP contribution is 2.48. The number of sulfone groups is 1. The molecule has 0 amide bonds. The molecule has 0 bridgehead atoms. The smallest absolute Gasteiger partial charge is 0.356 e. The number of rotatable bonds is 5. The van der Waals surface area contributed by atoms with Crippen molar-refractivity contribution >= 4 is 15.8 Å². The monoisotopic (exact) mass is 297 g/mol. The van der Waals surface area contributed by atoms with Gasteiger partial charge in [0.05, 0.1) is 30.5 Å². The van der Waals surface area contributed by atoms with Crippen LogP contribution in [0.15, 0.2) is 11.4 Å². The quantitative estimate of drug-likeness (QED) is 0.740. The van der Waals surface area contributed by atoms with Gasteiger partial charge in [0.1, 0.15) is 5.69 Å². The van der Waals surface area contributed by atoms with Crippen LogP contribution in [0.3, 0.4) is 0 Å². The number of hydrogen-bond donors (Lipinski definition) is 0. The zero-order valence-electron chi connectivity index (χ0n) is 11.3. The number of nitriles is 1. The highest BCUT2D eigenvalue weighted by molar-refractivity contribution is 7.91. The van der Waals surface area contributed by atoms with Crippen LogP contribution in [-0.4, -0.2) is 36.8 Å². The zero-order valence-corrected chi connectivity index (χ0v) is 12.1. The van der Waals surface area contributed by atoms with Crippen molar-refractivity contribution in [3.8, 4) is 6.07 Å². The van der Waals surface area contributed by atoms with Crippen molar-refractivity contribution in [3.63, 3.8) is 0 Å². The summed E-state index contributed by atoms with van der Waals surface area (Å²) < 4.78 is 30.2. The van der Waals surface area contributed by atoms with Crippen LogP contribution in [0.25, 0.3) is 0 Å². The molecule has 2 rings (SSSR count). The van der Waals surface area contributed by atoms with E-state index < -0.39 is 21.2 Å². The standard InChI is InChI=1S/C12H15N3O4S/c1-15-9(10(16)19-2)7-14-11(15)20(17,18)6-5-12(8-13)3-4-12/h7H,3-6H2,1-2H3. The lowest BCUT2D eigenvalue weighted by molar-refractivity contribution is 0.0589. The summed E-state index contributed by atoms with van der Waals surface area (Å²) in [5.41, 5.74) is -0.406. The van der Waals surface area contributed by atoms with Crippen molar-refractivity contribution in [1.29, 1.82) is 5.26 Å². The van der Waals surface area contributed by atoms with Crippen LogP contribution in [0.4, 0.5) is 0 Å². The van der Waals surface area contributed by atoms with Crippen LogP contribution in [0.5, 0.6) is 0 Å². The molecule has 0 spiro atoms. The van der Waals surface area contributed by atoms with Gasteiger partial charge in [0.2, 0.25) is 15.0 Å². The van der Waals surface area contributed by atoms with Crippen molar-refractivity contribution in [2.45, 2.75) is 24.4 Å². The number of imidazole rings is 1. The largest absolute Gasteiger partial charge is 0.464 e. The number of carbonyl (C=O) groups is 1. The van der Waals surface area contributed by atoms with E-state index in [1.54, 1.807) is 0 Å². The van der Waals surface area contributed by atoms with Crippen molar-refractivity contribution in [3.05, 3.63) is 11.9 Å². The number of esters is 1. The molecule has 108 valence electrons. The van der Waals surface area contributed by atoms with Crippen molar-refractivity contribution in [2.75, 3.05) is 12.9 Å². The van der Waals surface area contributed by atoms with Gasteiger partial charge in [0, 0.05) is 7.05 Å². The second-order valence-electron chi connectivity index (χ2n) is 4.94. The summed E-state index contributed by atoms with van der Waals surface area (Å²) in [5, 5.41) is 8.79. The molecule has 1 aromatic heterocycles. The molecule has 20 heavy (non-hydrogen) atoms. The first kappa shape index (κ1) is 14.5. The summed E-state index contributed by atoms with van der Waals surface area (Å²) in [6.45, 7) is 0. The number of methoxy groups -OCH3 is 1. The topological polar surface area (TPSA) is 102 Å². The SMILES string of the molecule is COC(=O)c1cnc(S(=O)(=O)CCC2(C#N)CC2)n1C. The van der Waals surface area contributed by atoms with Crippen molar-refractivity contribution in [2.24, 2.45) is 12.5 Å². The molecule has 1 fully saturated rings. The molecular formula is C12H15N3O4S. The third-order valence-corrected chi connectivity index (χ3v) is 5.24. The minimum atomic E-state index is -3.62. The highest BCUT2D eigenvalue weighted by atomic mass is 32.2. The van der Waals surface area contributed by atoms with Gasteiger partial charge in [-0.2, -0.15) is 5.26 Å². The van der Waals surface area contributed by atoms with Crippen LogP contribution < -0.4 is 0 Å². The Morgan fingerprint density at radius 2 is 2.25 bits per heavy atom. The lowest BCUT2D eigenvalue weighted by Gasteiger charge is -2.08. The van der Waals surface area contributed by atoms with Gasteiger partial charge in [-0.1, -0.05) is 0 Å². The first-order valence-electron chi connectivity index (χ1n) is 6.09. The Hall–Kier alpha value is -1.88. The number of nitrogens with zero attached hydrogens (tertiary/aromatic N) is 3. The summed E-state index contributed by atoms with van der Waals surface area (Å²) in [5.74, 6) is -0.788. The van der Waals surface area contributed by atoms with E-state index in [1.165, 1.54) is 24.9 Å². The van der Waals surface area contributed by atoms with E-state index in [1.807, 2.05) is 0 Å². The maximum Gasteiger partial charge on any atom is 0.356 e. The highest BCUT2D eigenvalue weighted by Gasteiger charge is 2.44. The van der Waals surface area contributed by atoms with Crippen molar-refractivity contribution < 1.29 is 17.9 Å². The molecule has 1 aliphatic carbocycles. The molecule has 7 nitrogen and oxygen atoms in total. The minimum Gasteiger partial charge on any atom is -0.464 e. The van der Waals surface area contributed by atoms with E-state index in [2.05, 4.69) is 15.8 Å². The second-order valence-corrected chi connectivity index (χ2v) is 6.94. The molecule has 0 atom stereocenters. The van der Waals surface area contributed by atoms with Gasteiger partial charge in [-0.15, -0.1) is 0 Å². The van der Waals surface area contributed by atoms with E-state index in [-0.39, 0.29) is 16.6 Å². The van der Waals surface area contributed by atoms with Gasteiger partial charge in [0.25, 0.3) is 0 Å². The Morgan fingerprint density at radius 1 is 1.60 bits per heavy atom. The fourth-order valence-corrected chi connectivity index (χ4v) is 3.54. The fraction of sp³-hybridized carbons (Fsp3) is 0.583. The molecule has 1 aromatic rings. The molecule has 0 N–H and O–H groups in total. The maximum atomic E-state index is 12.2. The summed E-state index contributed by atoms with van der Waals surface area (Å²) in [7, 11) is -0.959. The number of ether oxygens (including phenoxy) is 1. The molecule has 0 aliphatic heterocycles. The molecule has 0 saturated heterocycles. The van der Waals surface area contributed by atoms with Gasteiger partial charge in [-0.3, -0.25) is 0 Å². The van der Waals surface area contributed by atoms with Gasteiger partial charge < -0.3 is 9.30 Å². The Bertz CT molecular complexity index is 680. The second kappa shape index (κ2) is 4.90. The predicted octanol–water partition coefficient (Wildman–Crippen LogP) is 0.674. The summed E-state index contributed by atoms with van der Waals surface area (Å²) in [6.07, 6.45) is 2.96. The molecule has 0 radical (unpaired) electrons. The molecule has 0 aromatic carbocycles. The third-order valence-electron chi connectivity index (χ3n) is 3.56. The van der Waals surface area contributed by atoms with Gasteiger partial charge >= 0.3 is 5.97 Å². The van der Waals surface area contributed by atoms with Crippen molar-refractivity contribution in [1.82, 2.24) is 9.55 Å². The van der Waals surface area contributed by atoms with Gasteiger partial charge in [-0.05, 0) is 19.3 Å².